The van der Waals surface area contributed by atoms with E-state index < -0.39 is 20.8 Å². The van der Waals surface area contributed by atoms with E-state index in [1.807, 2.05) is 0 Å². The van der Waals surface area contributed by atoms with Gasteiger partial charge in [0.2, 0.25) is 0 Å². The molecule has 2 N–H and O–H groups in total. The number of rotatable bonds is 1. The van der Waals surface area contributed by atoms with Gasteiger partial charge in [0.05, 0.1) is 10.3 Å². The van der Waals surface area contributed by atoms with Gasteiger partial charge in [-0.1, -0.05) is 12.1 Å². The van der Waals surface area contributed by atoms with Gasteiger partial charge in [0, 0.05) is 0 Å². The van der Waals surface area contributed by atoms with E-state index in [0.29, 0.717) is 0 Å². The summed E-state index contributed by atoms with van der Waals surface area (Å²) in [6.45, 7) is 0. The second kappa shape index (κ2) is 4.83. The number of hydrogen-bond acceptors (Lipinski definition) is 5. The Bertz CT molecular complexity index is 666. The Morgan fingerprint density at radius 3 is 2.29 bits per heavy atom. The van der Waals surface area contributed by atoms with Crippen molar-refractivity contribution in [1.29, 1.82) is 0 Å². The molecule has 0 saturated heterocycles. The average Bonchev–Trinajstić information content (AvgIpc) is 2.15. The van der Waals surface area contributed by atoms with E-state index in [1.165, 1.54) is 18.2 Å². The molecule has 17 heavy (non-hydrogen) atoms. The first kappa shape index (κ1) is 14.3. The molecular weight excluding hydrogens is 255 g/mol. The molecule has 0 radical (unpaired) electrons. The van der Waals surface area contributed by atoms with Gasteiger partial charge < -0.3 is 14.8 Å². The van der Waals surface area contributed by atoms with E-state index in [0.717, 1.165) is 12.1 Å². The fourth-order valence-electron chi connectivity index (χ4n) is 1.50. The van der Waals surface area contributed by atoms with E-state index in [1.54, 1.807) is 0 Å². The van der Waals surface area contributed by atoms with Crippen molar-refractivity contribution < 1.29 is 52.7 Å². The third-order valence-corrected chi connectivity index (χ3v) is 3.01. The number of phenols is 2. The topological polar surface area (TPSA) is 97.7 Å². The zero-order valence-corrected chi connectivity index (χ0v) is 11.7. The number of benzene rings is 2. The zero-order valence-electron chi connectivity index (χ0n) is 8.91. The maximum Gasteiger partial charge on any atom is 1.00 e. The van der Waals surface area contributed by atoms with Crippen LogP contribution in [0.2, 0.25) is 0 Å². The van der Waals surface area contributed by atoms with Gasteiger partial charge in [-0.3, -0.25) is 0 Å². The molecule has 0 atom stereocenters. The van der Waals surface area contributed by atoms with Crippen LogP contribution in [0.1, 0.15) is 0 Å². The van der Waals surface area contributed by atoms with E-state index >= 15 is 0 Å². The molecule has 0 saturated carbocycles. The number of aromatic hydroxyl groups is 2. The zero-order chi connectivity index (χ0) is 11.9. The van der Waals surface area contributed by atoms with Crippen molar-refractivity contribution in [3.05, 3.63) is 30.3 Å². The maximum atomic E-state index is 10.8. The normalized spacial score (nSPS) is 11.1. The third kappa shape index (κ3) is 2.72. The Balaban J connectivity index is 0.00000144. The third-order valence-electron chi connectivity index (χ3n) is 2.20. The summed E-state index contributed by atoms with van der Waals surface area (Å²) in [6.07, 6.45) is 0. The van der Waals surface area contributed by atoms with Crippen molar-refractivity contribution in [3.8, 4) is 11.5 Å². The van der Waals surface area contributed by atoms with Gasteiger partial charge in [-0.25, -0.2) is 8.42 Å². The van der Waals surface area contributed by atoms with Crippen LogP contribution in [0.5, 0.6) is 11.5 Å². The Labute approximate surface area is 120 Å². The summed E-state index contributed by atoms with van der Waals surface area (Å²) in [5.74, 6) is -0.616. The average molecular weight is 262 g/mol. The maximum absolute atomic E-state index is 10.8. The van der Waals surface area contributed by atoms with Crippen molar-refractivity contribution in [3.63, 3.8) is 0 Å². The largest absolute Gasteiger partial charge is 1.00 e. The molecular formula is C10H7NaO5S. The predicted octanol–water partition coefficient (Wildman–Crippen LogP) is -1.84. The molecule has 0 aliphatic rings. The summed E-state index contributed by atoms with van der Waals surface area (Å²) in [7, 11) is -4.62. The fraction of sp³-hybridized carbons (Fsp3) is 0. The summed E-state index contributed by atoms with van der Waals surface area (Å²) in [4.78, 5) is -0.525. The van der Waals surface area contributed by atoms with Crippen LogP contribution in [0.25, 0.3) is 10.8 Å². The molecule has 0 amide bonds. The van der Waals surface area contributed by atoms with Crippen LogP contribution in [0.4, 0.5) is 0 Å². The summed E-state index contributed by atoms with van der Waals surface area (Å²) in [5.41, 5.74) is 0. The summed E-state index contributed by atoms with van der Waals surface area (Å²) < 4.78 is 32.4. The first-order valence-electron chi connectivity index (χ1n) is 4.30. The molecule has 84 valence electrons. The van der Waals surface area contributed by atoms with E-state index in [4.69, 9.17) is 0 Å². The van der Waals surface area contributed by atoms with Gasteiger partial charge in [-0.15, -0.1) is 0 Å². The van der Waals surface area contributed by atoms with Crippen molar-refractivity contribution >= 4 is 20.9 Å². The van der Waals surface area contributed by atoms with Gasteiger partial charge in [-0.05, 0) is 23.6 Å². The van der Waals surface area contributed by atoms with Crippen LogP contribution < -0.4 is 29.6 Å². The molecule has 0 aliphatic heterocycles. The first-order chi connectivity index (χ1) is 7.39. The minimum absolute atomic E-state index is 0. The summed E-state index contributed by atoms with van der Waals surface area (Å²) >= 11 is 0. The molecule has 0 fully saturated rings. The molecule has 0 heterocycles. The second-order valence-corrected chi connectivity index (χ2v) is 4.65. The minimum Gasteiger partial charge on any atom is -0.744 e. The molecule has 2 rings (SSSR count). The smallest absolute Gasteiger partial charge is 0.744 e. The van der Waals surface area contributed by atoms with Crippen LogP contribution in [0, 0.1) is 0 Å². The van der Waals surface area contributed by atoms with Crippen LogP contribution in [0.15, 0.2) is 35.2 Å². The molecule has 0 aliphatic carbocycles. The molecule has 5 nitrogen and oxygen atoms in total. The minimum atomic E-state index is -4.62. The van der Waals surface area contributed by atoms with Gasteiger partial charge in [0.15, 0.2) is 0 Å². The predicted molar refractivity (Wildman–Crippen MR) is 55.2 cm³/mol. The van der Waals surface area contributed by atoms with Crippen LogP contribution >= 0.6 is 0 Å². The fourth-order valence-corrected chi connectivity index (χ4v) is 2.03. The Morgan fingerprint density at radius 1 is 1.06 bits per heavy atom. The van der Waals surface area contributed by atoms with Crippen LogP contribution in [-0.2, 0) is 10.1 Å². The molecule has 7 heteroatoms. The van der Waals surface area contributed by atoms with E-state index in [2.05, 4.69) is 0 Å². The standard InChI is InChI=1S/C10H8O5S.Na/c11-8-3-1-2-6-4-7(16(13,14)15)5-9(12)10(6)8;/h1-5,11-12H,(H,13,14,15);/q;+1/p-1. The molecule has 2 aromatic rings. The van der Waals surface area contributed by atoms with Crippen molar-refractivity contribution in [2.75, 3.05) is 0 Å². The number of phenolic OH excluding ortho intramolecular Hbond substituents is 2. The van der Waals surface area contributed by atoms with Crippen molar-refractivity contribution in [2.45, 2.75) is 4.90 Å². The summed E-state index contributed by atoms with van der Waals surface area (Å²) in [6, 6.07) is 6.26. The van der Waals surface area contributed by atoms with Crippen molar-refractivity contribution in [2.24, 2.45) is 0 Å². The van der Waals surface area contributed by atoms with E-state index in [-0.39, 0.29) is 46.1 Å². The molecule has 0 aromatic heterocycles. The first-order valence-corrected chi connectivity index (χ1v) is 5.71. The van der Waals surface area contributed by atoms with Crippen LogP contribution in [-0.4, -0.2) is 23.2 Å². The number of hydrogen-bond donors (Lipinski definition) is 2. The van der Waals surface area contributed by atoms with Gasteiger partial charge in [-0.2, -0.15) is 0 Å². The Hall–Kier alpha value is -0.790. The molecule has 0 spiro atoms. The van der Waals surface area contributed by atoms with Gasteiger partial charge in [0.25, 0.3) is 0 Å². The van der Waals surface area contributed by atoms with Gasteiger partial charge in [0.1, 0.15) is 21.6 Å². The molecule has 0 unspecified atom stereocenters. The Kier molecular flexibility index (Phi) is 4.06. The number of fused-ring (bicyclic) bond motifs is 1. The van der Waals surface area contributed by atoms with Crippen LogP contribution in [0.3, 0.4) is 0 Å². The van der Waals surface area contributed by atoms with Crippen molar-refractivity contribution in [1.82, 2.24) is 0 Å². The molecule has 2 aromatic carbocycles. The monoisotopic (exact) mass is 262 g/mol. The molecule has 0 bridgehead atoms. The summed E-state index contributed by atoms with van der Waals surface area (Å²) in [5, 5.41) is 19.4. The van der Waals surface area contributed by atoms with E-state index in [9.17, 15) is 23.2 Å². The SMILES string of the molecule is O=S(=O)([O-])c1cc(O)c2c(O)cccc2c1.[Na+]. The second-order valence-electron chi connectivity index (χ2n) is 3.27. The van der Waals surface area contributed by atoms with Gasteiger partial charge >= 0.3 is 29.6 Å². The quantitative estimate of drug-likeness (QED) is 0.465. The Morgan fingerprint density at radius 2 is 1.71 bits per heavy atom.